The first kappa shape index (κ1) is 18.5. The van der Waals surface area contributed by atoms with Crippen LogP contribution in [0.2, 0.25) is 0 Å². The molecule has 2 N–H and O–H groups in total. The Morgan fingerprint density at radius 2 is 1.84 bits per heavy atom. The van der Waals surface area contributed by atoms with Crippen LogP contribution in [0, 0.1) is 6.92 Å². The summed E-state index contributed by atoms with van der Waals surface area (Å²) in [7, 11) is 0. The molecule has 7 heteroatoms. The molecule has 1 heterocycles. The number of urea groups is 1. The molecule has 7 nitrogen and oxygen atoms in total. The molecule has 0 saturated carbocycles. The highest BCUT2D eigenvalue weighted by molar-refractivity contribution is 5.92. The predicted octanol–water partition coefficient (Wildman–Crippen LogP) is 3.35. The van der Waals surface area contributed by atoms with Crippen LogP contribution in [0.25, 0.3) is 0 Å². The summed E-state index contributed by atoms with van der Waals surface area (Å²) >= 11 is 0. The van der Waals surface area contributed by atoms with Crippen LogP contribution in [0.5, 0.6) is 0 Å². The molecule has 0 saturated heterocycles. The Morgan fingerprint density at radius 1 is 1.20 bits per heavy atom. The molecule has 0 unspecified atom stereocenters. The Balaban J connectivity index is 1.96. The lowest BCUT2D eigenvalue weighted by Crippen LogP contribution is -2.34. The van der Waals surface area contributed by atoms with Crippen molar-refractivity contribution in [3.8, 4) is 0 Å². The van der Waals surface area contributed by atoms with E-state index in [1.807, 2.05) is 45.0 Å². The average Bonchev–Trinajstić information content (AvgIpc) is 3.03. The number of amides is 3. The summed E-state index contributed by atoms with van der Waals surface area (Å²) in [5.41, 5.74) is 1.90. The minimum Gasteiger partial charge on any atom is -0.361 e. The van der Waals surface area contributed by atoms with Gasteiger partial charge in [-0.25, -0.2) is 4.79 Å². The topological polar surface area (TPSA) is 87.5 Å². The minimum absolute atomic E-state index is 0.125. The number of rotatable bonds is 6. The summed E-state index contributed by atoms with van der Waals surface area (Å²) in [4.78, 5) is 25.8. The van der Waals surface area contributed by atoms with Crippen LogP contribution >= 0.6 is 0 Å². The number of carbonyl (C=O) groups is 2. The van der Waals surface area contributed by atoms with Gasteiger partial charge in [0.05, 0.1) is 6.04 Å². The number of carbonyl (C=O) groups excluding carboxylic acids is 2. The second-order valence-electron chi connectivity index (χ2n) is 5.74. The van der Waals surface area contributed by atoms with Gasteiger partial charge in [0.25, 0.3) is 5.91 Å². The van der Waals surface area contributed by atoms with Gasteiger partial charge in [-0.05, 0) is 45.4 Å². The zero-order valence-corrected chi connectivity index (χ0v) is 15.0. The van der Waals surface area contributed by atoms with Crippen molar-refractivity contribution >= 4 is 17.6 Å². The van der Waals surface area contributed by atoms with E-state index in [0.717, 1.165) is 5.56 Å². The molecule has 1 atom stereocenters. The van der Waals surface area contributed by atoms with E-state index in [1.54, 1.807) is 17.9 Å². The summed E-state index contributed by atoms with van der Waals surface area (Å²) in [6.07, 6.45) is 0. The first-order chi connectivity index (χ1) is 11.9. The molecule has 3 amide bonds. The monoisotopic (exact) mass is 344 g/mol. The zero-order chi connectivity index (χ0) is 18.4. The van der Waals surface area contributed by atoms with Gasteiger partial charge in [0.2, 0.25) is 0 Å². The first-order valence-electron chi connectivity index (χ1n) is 8.34. The normalized spacial score (nSPS) is 11.7. The van der Waals surface area contributed by atoms with Crippen LogP contribution in [0.3, 0.4) is 0 Å². The number of hydrogen-bond donors (Lipinski definition) is 2. The van der Waals surface area contributed by atoms with Crippen molar-refractivity contribution in [2.45, 2.75) is 33.7 Å². The molecule has 25 heavy (non-hydrogen) atoms. The fourth-order valence-electron chi connectivity index (χ4n) is 2.40. The summed E-state index contributed by atoms with van der Waals surface area (Å²) in [6.45, 7) is 8.81. The smallest absolute Gasteiger partial charge is 0.321 e. The Labute approximate surface area is 147 Å². The van der Waals surface area contributed by atoms with Gasteiger partial charge in [-0.15, -0.1) is 0 Å². The summed E-state index contributed by atoms with van der Waals surface area (Å²) in [5, 5.41) is 9.42. The van der Waals surface area contributed by atoms with E-state index in [9.17, 15) is 9.59 Å². The summed E-state index contributed by atoms with van der Waals surface area (Å²) in [5.74, 6) is 0.300. The van der Waals surface area contributed by atoms with Gasteiger partial charge in [-0.3, -0.25) is 4.79 Å². The van der Waals surface area contributed by atoms with Gasteiger partial charge in [-0.1, -0.05) is 17.3 Å². The fraction of sp³-hybridized carbons (Fsp3) is 0.389. The molecule has 2 aromatic rings. The zero-order valence-electron chi connectivity index (χ0n) is 15.0. The molecule has 0 fully saturated rings. The highest BCUT2D eigenvalue weighted by atomic mass is 16.5. The quantitative estimate of drug-likeness (QED) is 0.841. The SMILES string of the molecule is CCN(CC)C(=O)Nc1ccc([C@@H](C)NC(=O)c2cc(C)on2)cc1. The Hall–Kier alpha value is -2.83. The van der Waals surface area contributed by atoms with Gasteiger partial charge in [0.1, 0.15) is 5.76 Å². The lowest BCUT2D eigenvalue weighted by molar-refractivity contribution is 0.0930. The summed E-state index contributed by atoms with van der Waals surface area (Å²) in [6, 6.07) is 8.65. The van der Waals surface area contributed by atoms with Crippen molar-refractivity contribution in [1.82, 2.24) is 15.4 Å². The molecule has 0 radical (unpaired) electrons. The number of aromatic nitrogens is 1. The van der Waals surface area contributed by atoms with E-state index in [1.165, 1.54) is 0 Å². The maximum absolute atomic E-state index is 12.1. The summed E-state index contributed by atoms with van der Waals surface area (Å²) < 4.78 is 4.91. The van der Waals surface area contributed by atoms with Crippen molar-refractivity contribution < 1.29 is 14.1 Å². The highest BCUT2D eigenvalue weighted by Crippen LogP contribution is 2.17. The Kier molecular flexibility index (Phi) is 6.16. The van der Waals surface area contributed by atoms with Crippen molar-refractivity contribution in [2.24, 2.45) is 0 Å². The largest absolute Gasteiger partial charge is 0.361 e. The standard InChI is InChI=1S/C18H24N4O3/c1-5-22(6-2)18(24)20-15-9-7-14(8-10-15)13(4)19-17(23)16-11-12(3)25-21-16/h7-11,13H,5-6H2,1-4H3,(H,19,23)(H,20,24)/t13-/m1/s1. The highest BCUT2D eigenvalue weighted by Gasteiger charge is 2.15. The Morgan fingerprint density at radius 3 is 2.36 bits per heavy atom. The second kappa shape index (κ2) is 8.32. The number of hydrogen-bond acceptors (Lipinski definition) is 4. The van der Waals surface area contributed by atoms with Crippen LogP contribution in [0.1, 0.15) is 48.6 Å². The van der Waals surface area contributed by atoms with E-state index < -0.39 is 0 Å². The molecule has 0 aliphatic heterocycles. The van der Waals surface area contributed by atoms with Crippen LogP contribution in [-0.4, -0.2) is 35.1 Å². The number of benzene rings is 1. The minimum atomic E-state index is -0.289. The van der Waals surface area contributed by atoms with Crippen LogP contribution in [-0.2, 0) is 0 Å². The fourth-order valence-corrected chi connectivity index (χ4v) is 2.40. The number of nitrogens with zero attached hydrogens (tertiary/aromatic N) is 2. The average molecular weight is 344 g/mol. The van der Waals surface area contributed by atoms with Gasteiger partial charge < -0.3 is 20.1 Å². The molecule has 1 aromatic carbocycles. The first-order valence-corrected chi connectivity index (χ1v) is 8.34. The van der Waals surface area contributed by atoms with Gasteiger partial charge in [0.15, 0.2) is 5.69 Å². The van der Waals surface area contributed by atoms with Crippen molar-refractivity contribution in [3.05, 3.63) is 47.3 Å². The number of anilines is 1. The maximum atomic E-state index is 12.1. The third-order valence-corrected chi connectivity index (χ3v) is 3.92. The lowest BCUT2D eigenvalue weighted by atomic mass is 10.1. The maximum Gasteiger partial charge on any atom is 0.321 e. The molecular formula is C18H24N4O3. The van der Waals surface area contributed by atoms with Crippen LogP contribution < -0.4 is 10.6 Å². The van der Waals surface area contributed by atoms with E-state index in [2.05, 4.69) is 15.8 Å². The molecule has 134 valence electrons. The molecule has 0 bridgehead atoms. The van der Waals surface area contributed by atoms with E-state index >= 15 is 0 Å². The van der Waals surface area contributed by atoms with E-state index in [4.69, 9.17) is 4.52 Å². The molecule has 0 spiro atoms. The third kappa shape index (κ3) is 4.82. The third-order valence-electron chi connectivity index (χ3n) is 3.92. The molecular weight excluding hydrogens is 320 g/mol. The lowest BCUT2D eigenvalue weighted by Gasteiger charge is -2.19. The number of aryl methyl sites for hydroxylation is 1. The second-order valence-corrected chi connectivity index (χ2v) is 5.74. The van der Waals surface area contributed by atoms with Crippen LogP contribution in [0.4, 0.5) is 10.5 Å². The molecule has 1 aromatic heterocycles. The van der Waals surface area contributed by atoms with Crippen molar-refractivity contribution in [1.29, 1.82) is 0 Å². The van der Waals surface area contributed by atoms with Crippen molar-refractivity contribution in [2.75, 3.05) is 18.4 Å². The van der Waals surface area contributed by atoms with Crippen LogP contribution in [0.15, 0.2) is 34.9 Å². The van der Waals surface area contributed by atoms with E-state index in [0.29, 0.717) is 24.5 Å². The number of nitrogens with one attached hydrogen (secondary N) is 2. The van der Waals surface area contributed by atoms with Gasteiger partial charge in [0, 0.05) is 24.8 Å². The van der Waals surface area contributed by atoms with Gasteiger partial charge >= 0.3 is 6.03 Å². The molecule has 0 aliphatic carbocycles. The Bertz CT molecular complexity index is 720. The molecule has 0 aliphatic rings. The molecule has 2 rings (SSSR count). The van der Waals surface area contributed by atoms with Crippen molar-refractivity contribution in [3.63, 3.8) is 0 Å². The van der Waals surface area contributed by atoms with Gasteiger partial charge in [-0.2, -0.15) is 0 Å². The predicted molar refractivity (Wildman–Crippen MR) is 95.5 cm³/mol. The van der Waals surface area contributed by atoms with E-state index in [-0.39, 0.29) is 23.7 Å².